The fourth-order valence-electron chi connectivity index (χ4n) is 1.44. The number of halogens is 1. The number of rotatable bonds is 4. The molecular formula is C12H12ClN3O. The van der Waals surface area contributed by atoms with Gasteiger partial charge >= 0.3 is 0 Å². The maximum atomic E-state index is 8.75. The lowest BCUT2D eigenvalue weighted by Crippen LogP contribution is -2.00. The van der Waals surface area contributed by atoms with Crippen LogP contribution in [0.4, 0.5) is 0 Å². The van der Waals surface area contributed by atoms with Gasteiger partial charge in [-0.1, -0.05) is 23.7 Å². The van der Waals surface area contributed by atoms with Crippen LogP contribution in [-0.2, 0) is 6.42 Å². The first-order valence-corrected chi connectivity index (χ1v) is 5.73. The average molecular weight is 250 g/mol. The molecule has 2 rings (SSSR count). The molecule has 0 saturated carbocycles. The van der Waals surface area contributed by atoms with Crippen LogP contribution in [0.1, 0.15) is 12.2 Å². The molecule has 1 N–H and O–H groups in total. The number of hydrogen-bond donors (Lipinski definition) is 1. The van der Waals surface area contributed by atoms with Crippen LogP contribution in [0.15, 0.2) is 30.5 Å². The van der Waals surface area contributed by atoms with E-state index in [2.05, 4.69) is 15.2 Å². The van der Waals surface area contributed by atoms with Gasteiger partial charge in [-0.15, -0.1) is 5.10 Å². The predicted molar refractivity (Wildman–Crippen MR) is 65.7 cm³/mol. The molecule has 0 radical (unpaired) electrons. The zero-order valence-electron chi connectivity index (χ0n) is 9.17. The van der Waals surface area contributed by atoms with Crippen LogP contribution in [0, 0.1) is 0 Å². The molecule has 0 spiro atoms. The van der Waals surface area contributed by atoms with E-state index in [-0.39, 0.29) is 6.61 Å². The third kappa shape index (κ3) is 3.22. The van der Waals surface area contributed by atoms with Gasteiger partial charge in [-0.3, -0.25) is 0 Å². The molecule has 1 aromatic heterocycles. The van der Waals surface area contributed by atoms with Gasteiger partial charge in [0.2, 0.25) is 0 Å². The Hall–Kier alpha value is -1.52. The summed E-state index contributed by atoms with van der Waals surface area (Å²) in [6.45, 7) is 0.133. The van der Waals surface area contributed by atoms with Crippen molar-refractivity contribution in [2.45, 2.75) is 12.8 Å². The molecule has 5 heteroatoms. The Labute approximate surface area is 104 Å². The van der Waals surface area contributed by atoms with Crippen molar-refractivity contribution in [2.24, 2.45) is 0 Å². The van der Waals surface area contributed by atoms with Crippen LogP contribution in [-0.4, -0.2) is 26.9 Å². The van der Waals surface area contributed by atoms with Crippen LogP contribution in [0.2, 0.25) is 5.02 Å². The zero-order chi connectivity index (χ0) is 12.1. The standard InChI is InChI=1S/C12H12ClN3O/c13-10-5-3-9(4-6-10)11-8-14-16-12(15-11)2-1-7-17/h3-6,8,17H,1-2,7H2. The molecule has 4 nitrogen and oxygen atoms in total. The van der Waals surface area contributed by atoms with Crippen molar-refractivity contribution < 1.29 is 5.11 Å². The molecule has 0 fully saturated rings. The quantitative estimate of drug-likeness (QED) is 0.902. The van der Waals surface area contributed by atoms with Gasteiger partial charge in [0, 0.05) is 23.6 Å². The lowest BCUT2D eigenvalue weighted by Gasteiger charge is -2.02. The second kappa shape index (κ2) is 5.70. The van der Waals surface area contributed by atoms with E-state index in [1.807, 2.05) is 24.3 Å². The van der Waals surface area contributed by atoms with Gasteiger partial charge < -0.3 is 5.11 Å². The Morgan fingerprint density at radius 2 is 1.94 bits per heavy atom. The highest BCUT2D eigenvalue weighted by atomic mass is 35.5. The van der Waals surface area contributed by atoms with Gasteiger partial charge in [0.15, 0.2) is 5.82 Å². The molecule has 0 bridgehead atoms. The van der Waals surface area contributed by atoms with Crippen LogP contribution < -0.4 is 0 Å². The topological polar surface area (TPSA) is 58.9 Å². The molecule has 0 aliphatic rings. The average Bonchev–Trinajstić information content (AvgIpc) is 2.37. The molecule has 0 amide bonds. The van der Waals surface area contributed by atoms with Gasteiger partial charge in [-0.2, -0.15) is 5.10 Å². The maximum absolute atomic E-state index is 8.75. The minimum absolute atomic E-state index is 0.133. The highest BCUT2D eigenvalue weighted by Crippen LogP contribution is 2.18. The molecule has 0 atom stereocenters. The summed E-state index contributed by atoms with van der Waals surface area (Å²) in [7, 11) is 0. The van der Waals surface area contributed by atoms with Gasteiger partial charge in [0.1, 0.15) is 0 Å². The molecule has 2 aromatic rings. The van der Waals surface area contributed by atoms with Crippen molar-refractivity contribution in [1.29, 1.82) is 0 Å². The lowest BCUT2D eigenvalue weighted by atomic mass is 10.2. The summed E-state index contributed by atoms with van der Waals surface area (Å²) in [5.74, 6) is 0.645. The van der Waals surface area contributed by atoms with Crippen molar-refractivity contribution in [3.8, 4) is 11.3 Å². The Morgan fingerprint density at radius 1 is 1.18 bits per heavy atom. The highest BCUT2D eigenvalue weighted by molar-refractivity contribution is 6.30. The van der Waals surface area contributed by atoms with Crippen molar-refractivity contribution >= 4 is 11.6 Å². The van der Waals surface area contributed by atoms with E-state index < -0.39 is 0 Å². The summed E-state index contributed by atoms with van der Waals surface area (Å²) in [5.41, 5.74) is 1.72. The van der Waals surface area contributed by atoms with Gasteiger partial charge in [0.05, 0.1) is 11.9 Å². The SMILES string of the molecule is OCCCc1nncc(-c2ccc(Cl)cc2)n1. The molecule has 0 aliphatic heterocycles. The lowest BCUT2D eigenvalue weighted by molar-refractivity contribution is 0.287. The fourth-order valence-corrected chi connectivity index (χ4v) is 1.57. The molecule has 88 valence electrons. The molecule has 1 heterocycles. The number of benzene rings is 1. The molecule has 0 saturated heterocycles. The number of aliphatic hydroxyl groups excluding tert-OH is 1. The highest BCUT2D eigenvalue weighted by Gasteiger charge is 2.03. The Kier molecular flexibility index (Phi) is 4.01. The summed E-state index contributed by atoms with van der Waals surface area (Å²) >= 11 is 5.82. The second-order valence-corrected chi connectivity index (χ2v) is 4.03. The predicted octanol–water partition coefficient (Wildman–Crippen LogP) is 2.12. The number of hydrogen-bond acceptors (Lipinski definition) is 4. The van der Waals surface area contributed by atoms with Crippen molar-refractivity contribution in [3.63, 3.8) is 0 Å². The van der Waals surface area contributed by atoms with E-state index >= 15 is 0 Å². The third-order valence-electron chi connectivity index (χ3n) is 2.30. The van der Waals surface area contributed by atoms with Crippen LogP contribution >= 0.6 is 11.6 Å². The summed E-state index contributed by atoms with van der Waals surface area (Å²) in [6.07, 6.45) is 2.89. The van der Waals surface area contributed by atoms with Gasteiger partial charge in [0.25, 0.3) is 0 Å². The third-order valence-corrected chi connectivity index (χ3v) is 2.55. The fraction of sp³-hybridized carbons (Fsp3) is 0.250. The minimum Gasteiger partial charge on any atom is -0.396 e. The summed E-state index contributed by atoms with van der Waals surface area (Å²) < 4.78 is 0. The smallest absolute Gasteiger partial charge is 0.151 e. The molecule has 0 aliphatic carbocycles. The summed E-state index contributed by atoms with van der Waals surface area (Å²) in [5, 5.41) is 17.3. The molecule has 1 aromatic carbocycles. The number of nitrogens with zero attached hydrogens (tertiary/aromatic N) is 3. The maximum Gasteiger partial charge on any atom is 0.151 e. The first-order valence-electron chi connectivity index (χ1n) is 5.35. The summed E-state index contributed by atoms with van der Waals surface area (Å²) in [6, 6.07) is 7.41. The van der Waals surface area contributed by atoms with E-state index in [1.165, 1.54) is 0 Å². The van der Waals surface area contributed by atoms with Crippen LogP contribution in [0.5, 0.6) is 0 Å². The van der Waals surface area contributed by atoms with E-state index in [9.17, 15) is 0 Å². The Morgan fingerprint density at radius 3 is 2.65 bits per heavy atom. The molecule has 0 unspecified atom stereocenters. The van der Waals surface area contributed by atoms with Crippen molar-refractivity contribution in [1.82, 2.24) is 15.2 Å². The number of aromatic nitrogens is 3. The Balaban J connectivity index is 2.23. The first-order chi connectivity index (χ1) is 8.29. The van der Waals surface area contributed by atoms with E-state index in [0.29, 0.717) is 23.7 Å². The molecular weight excluding hydrogens is 238 g/mol. The molecule has 17 heavy (non-hydrogen) atoms. The van der Waals surface area contributed by atoms with Crippen LogP contribution in [0.3, 0.4) is 0 Å². The minimum atomic E-state index is 0.133. The number of aryl methyl sites for hydroxylation is 1. The zero-order valence-corrected chi connectivity index (χ0v) is 9.93. The number of aliphatic hydroxyl groups is 1. The van der Waals surface area contributed by atoms with E-state index in [4.69, 9.17) is 16.7 Å². The normalized spacial score (nSPS) is 10.5. The van der Waals surface area contributed by atoms with Crippen molar-refractivity contribution in [3.05, 3.63) is 41.3 Å². The largest absolute Gasteiger partial charge is 0.396 e. The Bertz CT molecular complexity index is 487. The van der Waals surface area contributed by atoms with Crippen molar-refractivity contribution in [2.75, 3.05) is 6.61 Å². The second-order valence-electron chi connectivity index (χ2n) is 3.59. The summed E-state index contributed by atoms with van der Waals surface area (Å²) in [4.78, 5) is 4.38. The first kappa shape index (κ1) is 12.0. The van der Waals surface area contributed by atoms with Crippen LogP contribution in [0.25, 0.3) is 11.3 Å². The monoisotopic (exact) mass is 249 g/mol. The van der Waals surface area contributed by atoms with Gasteiger partial charge in [-0.25, -0.2) is 4.98 Å². The van der Waals surface area contributed by atoms with E-state index in [0.717, 1.165) is 11.3 Å². The van der Waals surface area contributed by atoms with E-state index in [1.54, 1.807) is 6.20 Å². The van der Waals surface area contributed by atoms with Gasteiger partial charge in [-0.05, 0) is 18.6 Å².